The van der Waals surface area contributed by atoms with Gasteiger partial charge in [-0.15, -0.1) is 0 Å². The standard InChI is InChI=1S/C17H26FN3S/c1-2-14-8-5-6-12-21(14)13-7-11-19-17(22)20-16-10-4-3-9-15(16)18/h3-4,9-10,14H,2,5-8,11-13H2,1H3,(H2,19,20,22)/t14-/m1/s1. The second kappa shape index (κ2) is 9.06. The number of nitrogens with zero attached hydrogens (tertiary/aromatic N) is 1. The van der Waals surface area contributed by atoms with Crippen LogP contribution in [0.2, 0.25) is 0 Å². The molecule has 22 heavy (non-hydrogen) atoms. The van der Waals surface area contributed by atoms with E-state index in [1.54, 1.807) is 18.2 Å². The average Bonchev–Trinajstić information content (AvgIpc) is 2.54. The number of piperidine rings is 1. The van der Waals surface area contributed by atoms with E-state index >= 15 is 0 Å². The Morgan fingerprint density at radius 1 is 1.36 bits per heavy atom. The number of hydrogen-bond acceptors (Lipinski definition) is 2. The molecule has 2 N–H and O–H groups in total. The molecule has 0 radical (unpaired) electrons. The summed E-state index contributed by atoms with van der Waals surface area (Å²) in [4.78, 5) is 2.60. The van der Waals surface area contributed by atoms with Gasteiger partial charge in [0.1, 0.15) is 5.82 Å². The Morgan fingerprint density at radius 2 is 2.18 bits per heavy atom. The molecule has 0 aliphatic carbocycles. The molecule has 122 valence electrons. The van der Waals surface area contributed by atoms with Crippen molar-refractivity contribution < 1.29 is 4.39 Å². The summed E-state index contributed by atoms with van der Waals surface area (Å²) in [6.07, 6.45) is 6.30. The third-order valence-corrected chi connectivity index (χ3v) is 4.50. The van der Waals surface area contributed by atoms with E-state index in [1.165, 1.54) is 38.3 Å². The Morgan fingerprint density at radius 3 is 2.95 bits per heavy atom. The molecule has 1 atom stereocenters. The zero-order chi connectivity index (χ0) is 15.8. The number of halogens is 1. The molecule has 0 spiro atoms. The molecular weight excluding hydrogens is 297 g/mol. The fourth-order valence-electron chi connectivity index (χ4n) is 3.03. The maximum Gasteiger partial charge on any atom is 0.170 e. The van der Waals surface area contributed by atoms with Gasteiger partial charge in [-0.05, 0) is 56.6 Å². The highest BCUT2D eigenvalue weighted by Gasteiger charge is 2.19. The van der Waals surface area contributed by atoms with Gasteiger partial charge in [-0.3, -0.25) is 0 Å². The van der Waals surface area contributed by atoms with E-state index in [-0.39, 0.29) is 5.82 Å². The highest BCUT2D eigenvalue weighted by Crippen LogP contribution is 2.19. The summed E-state index contributed by atoms with van der Waals surface area (Å²) in [7, 11) is 0. The molecule has 1 fully saturated rings. The smallest absolute Gasteiger partial charge is 0.170 e. The molecule has 0 amide bonds. The fraction of sp³-hybridized carbons (Fsp3) is 0.588. The molecule has 1 aromatic rings. The van der Waals surface area contributed by atoms with Gasteiger partial charge in [0.05, 0.1) is 5.69 Å². The van der Waals surface area contributed by atoms with Crippen LogP contribution in [-0.4, -0.2) is 35.7 Å². The Kier molecular flexibility index (Phi) is 7.06. The first-order valence-corrected chi connectivity index (χ1v) is 8.65. The van der Waals surface area contributed by atoms with Gasteiger partial charge >= 0.3 is 0 Å². The van der Waals surface area contributed by atoms with Crippen molar-refractivity contribution in [3.63, 3.8) is 0 Å². The van der Waals surface area contributed by atoms with Gasteiger partial charge in [0.2, 0.25) is 0 Å². The Balaban J connectivity index is 1.66. The van der Waals surface area contributed by atoms with Crippen LogP contribution in [-0.2, 0) is 0 Å². The van der Waals surface area contributed by atoms with Gasteiger partial charge in [-0.25, -0.2) is 4.39 Å². The summed E-state index contributed by atoms with van der Waals surface area (Å²) < 4.78 is 13.5. The van der Waals surface area contributed by atoms with Crippen LogP contribution in [0, 0.1) is 5.82 Å². The molecule has 1 aromatic carbocycles. The van der Waals surface area contributed by atoms with Gasteiger partial charge in [0.25, 0.3) is 0 Å². The Hall–Kier alpha value is -1.20. The van der Waals surface area contributed by atoms with Crippen LogP contribution in [0.4, 0.5) is 10.1 Å². The summed E-state index contributed by atoms with van der Waals surface area (Å²) in [6, 6.07) is 7.31. The van der Waals surface area contributed by atoms with Crippen molar-refractivity contribution in [1.82, 2.24) is 10.2 Å². The van der Waals surface area contributed by atoms with E-state index in [4.69, 9.17) is 12.2 Å². The quantitative estimate of drug-likeness (QED) is 0.616. The molecule has 3 nitrogen and oxygen atoms in total. The van der Waals surface area contributed by atoms with Crippen LogP contribution in [0.1, 0.15) is 39.0 Å². The van der Waals surface area contributed by atoms with Crippen molar-refractivity contribution >= 4 is 23.0 Å². The number of thiocarbonyl (C=S) groups is 1. The maximum atomic E-state index is 13.5. The predicted molar refractivity (Wildman–Crippen MR) is 94.7 cm³/mol. The Labute approximate surface area is 138 Å². The molecule has 1 aliphatic rings. The zero-order valence-electron chi connectivity index (χ0n) is 13.3. The molecule has 1 saturated heterocycles. The zero-order valence-corrected chi connectivity index (χ0v) is 14.1. The molecule has 0 bridgehead atoms. The molecule has 1 aliphatic heterocycles. The largest absolute Gasteiger partial charge is 0.362 e. The van der Waals surface area contributed by atoms with E-state index in [0.29, 0.717) is 10.8 Å². The average molecular weight is 323 g/mol. The lowest BCUT2D eigenvalue weighted by Gasteiger charge is -2.35. The van der Waals surface area contributed by atoms with Crippen LogP contribution in [0.3, 0.4) is 0 Å². The number of para-hydroxylation sites is 1. The van der Waals surface area contributed by atoms with Crippen LogP contribution in [0.5, 0.6) is 0 Å². The van der Waals surface area contributed by atoms with Crippen LogP contribution < -0.4 is 10.6 Å². The maximum absolute atomic E-state index is 13.5. The SMILES string of the molecule is CC[C@@H]1CCCCN1CCCNC(=S)Nc1ccccc1F. The number of benzene rings is 1. The minimum absolute atomic E-state index is 0.286. The lowest BCUT2D eigenvalue weighted by atomic mass is 10.00. The topological polar surface area (TPSA) is 27.3 Å². The number of hydrogen-bond donors (Lipinski definition) is 2. The van der Waals surface area contributed by atoms with Crippen molar-refractivity contribution in [2.75, 3.05) is 25.0 Å². The second-order valence-corrected chi connectivity index (χ2v) is 6.22. The van der Waals surface area contributed by atoms with E-state index < -0.39 is 0 Å². The van der Waals surface area contributed by atoms with Crippen LogP contribution in [0.15, 0.2) is 24.3 Å². The van der Waals surface area contributed by atoms with Crippen molar-refractivity contribution in [3.8, 4) is 0 Å². The van der Waals surface area contributed by atoms with Crippen LogP contribution >= 0.6 is 12.2 Å². The molecule has 5 heteroatoms. The Bertz CT molecular complexity index is 481. The lowest BCUT2D eigenvalue weighted by molar-refractivity contribution is 0.143. The van der Waals surface area contributed by atoms with Gasteiger partial charge in [0.15, 0.2) is 5.11 Å². The first-order valence-electron chi connectivity index (χ1n) is 8.24. The van der Waals surface area contributed by atoms with E-state index in [2.05, 4.69) is 22.5 Å². The molecule has 2 rings (SSSR count). The number of nitrogens with one attached hydrogen (secondary N) is 2. The third-order valence-electron chi connectivity index (χ3n) is 4.25. The number of rotatable bonds is 6. The van der Waals surface area contributed by atoms with Gasteiger partial charge in [-0.1, -0.05) is 25.5 Å². The minimum Gasteiger partial charge on any atom is -0.362 e. The van der Waals surface area contributed by atoms with E-state index in [9.17, 15) is 4.39 Å². The summed E-state index contributed by atoms with van der Waals surface area (Å²) in [5.41, 5.74) is 0.419. The normalized spacial score (nSPS) is 18.9. The summed E-state index contributed by atoms with van der Waals surface area (Å²) >= 11 is 5.21. The van der Waals surface area contributed by atoms with Gasteiger partial charge in [-0.2, -0.15) is 0 Å². The third kappa shape index (κ3) is 5.21. The minimum atomic E-state index is -0.286. The molecule has 0 aromatic heterocycles. The van der Waals surface area contributed by atoms with Crippen molar-refractivity contribution in [2.24, 2.45) is 0 Å². The van der Waals surface area contributed by atoms with E-state index in [1.807, 2.05) is 0 Å². The van der Waals surface area contributed by atoms with Crippen molar-refractivity contribution in [1.29, 1.82) is 0 Å². The summed E-state index contributed by atoms with van der Waals surface area (Å²) in [5.74, 6) is -0.286. The molecular formula is C17H26FN3S. The highest BCUT2D eigenvalue weighted by atomic mass is 32.1. The van der Waals surface area contributed by atoms with Crippen LogP contribution in [0.25, 0.3) is 0 Å². The second-order valence-electron chi connectivity index (χ2n) is 5.81. The monoisotopic (exact) mass is 323 g/mol. The number of likely N-dealkylation sites (tertiary alicyclic amines) is 1. The summed E-state index contributed by atoms with van der Waals surface area (Å²) in [6.45, 7) is 5.41. The first kappa shape index (κ1) is 17.2. The van der Waals surface area contributed by atoms with Crippen molar-refractivity contribution in [2.45, 2.75) is 45.1 Å². The molecule has 0 unspecified atom stereocenters. The fourth-order valence-corrected chi connectivity index (χ4v) is 3.24. The number of anilines is 1. The van der Waals surface area contributed by atoms with Gasteiger partial charge in [0, 0.05) is 19.1 Å². The summed E-state index contributed by atoms with van der Waals surface area (Å²) in [5, 5.41) is 6.54. The van der Waals surface area contributed by atoms with Gasteiger partial charge < -0.3 is 15.5 Å². The molecule has 1 heterocycles. The molecule has 0 saturated carbocycles. The highest BCUT2D eigenvalue weighted by molar-refractivity contribution is 7.80. The van der Waals surface area contributed by atoms with E-state index in [0.717, 1.165) is 25.6 Å². The van der Waals surface area contributed by atoms with Crippen molar-refractivity contribution in [3.05, 3.63) is 30.1 Å². The lowest BCUT2D eigenvalue weighted by Crippen LogP contribution is -2.41. The first-order chi connectivity index (χ1) is 10.7. The predicted octanol–water partition coefficient (Wildman–Crippen LogP) is 3.77.